The second-order valence-corrected chi connectivity index (χ2v) is 2.98. The minimum atomic E-state index is -0.661. The molecule has 5 heteroatoms. The number of hydrogen-bond acceptors (Lipinski definition) is 5. The van der Waals surface area contributed by atoms with Gasteiger partial charge in [0.1, 0.15) is 17.9 Å². The molecule has 0 spiro atoms. The summed E-state index contributed by atoms with van der Waals surface area (Å²) in [7, 11) is 0. The molecule has 0 atom stereocenters. The maximum absolute atomic E-state index is 11.5. The van der Waals surface area contributed by atoms with Gasteiger partial charge in [-0.2, -0.15) is 0 Å². The first-order valence-electron chi connectivity index (χ1n) is 4.90. The number of esters is 2. The molecule has 0 aromatic heterocycles. The Bertz CT molecular complexity index is 425. The van der Waals surface area contributed by atoms with Crippen molar-refractivity contribution in [2.45, 2.75) is 0 Å². The van der Waals surface area contributed by atoms with Crippen LogP contribution in [0.4, 0.5) is 0 Å². The standard InChI is InChI=1S/C12H12O5/c1-2-11(14)17-10-6-4-3-5-9(10)12(15)16-8-7-13/h2-6,13H,1,7-8H2. The molecule has 0 fully saturated rings. The van der Waals surface area contributed by atoms with E-state index >= 15 is 0 Å². The minimum absolute atomic E-state index is 0.0975. The van der Waals surface area contributed by atoms with Crippen molar-refractivity contribution in [1.29, 1.82) is 0 Å². The molecule has 0 aliphatic heterocycles. The summed E-state index contributed by atoms with van der Waals surface area (Å²) in [5.74, 6) is -1.22. The van der Waals surface area contributed by atoms with Gasteiger partial charge in [-0.05, 0) is 12.1 Å². The van der Waals surface area contributed by atoms with Crippen molar-refractivity contribution in [3.63, 3.8) is 0 Å². The van der Waals surface area contributed by atoms with Crippen LogP contribution >= 0.6 is 0 Å². The van der Waals surface area contributed by atoms with Crippen LogP contribution in [0.2, 0.25) is 0 Å². The zero-order valence-electron chi connectivity index (χ0n) is 9.09. The number of hydrogen-bond donors (Lipinski definition) is 1. The van der Waals surface area contributed by atoms with Crippen LogP contribution < -0.4 is 4.74 Å². The third-order valence-electron chi connectivity index (χ3n) is 1.81. The van der Waals surface area contributed by atoms with Crippen LogP contribution in [0.1, 0.15) is 10.4 Å². The number of carbonyl (C=O) groups excluding carboxylic acids is 2. The van der Waals surface area contributed by atoms with Crippen LogP contribution in [-0.2, 0) is 9.53 Å². The predicted molar refractivity (Wildman–Crippen MR) is 59.6 cm³/mol. The van der Waals surface area contributed by atoms with Gasteiger partial charge in [0.15, 0.2) is 0 Å². The van der Waals surface area contributed by atoms with Crippen LogP contribution in [0.3, 0.4) is 0 Å². The predicted octanol–water partition coefficient (Wildman–Crippen LogP) is 0.927. The maximum atomic E-state index is 11.5. The summed E-state index contributed by atoms with van der Waals surface area (Å²) in [6, 6.07) is 6.16. The highest BCUT2D eigenvalue weighted by Crippen LogP contribution is 2.19. The number of benzene rings is 1. The molecule has 17 heavy (non-hydrogen) atoms. The molecule has 0 saturated heterocycles. The van der Waals surface area contributed by atoms with Crippen molar-refractivity contribution in [1.82, 2.24) is 0 Å². The van der Waals surface area contributed by atoms with E-state index in [9.17, 15) is 9.59 Å². The minimum Gasteiger partial charge on any atom is -0.460 e. The average Bonchev–Trinajstić information content (AvgIpc) is 2.36. The first-order chi connectivity index (χ1) is 8.19. The van der Waals surface area contributed by atoms with Crippen LogP contribution in [0, 0.1) is 0 Å². The van der Waals surface area contributed by atoms with Gasteiger partial charge in [-0.1, -0.05) is 18.7 Å². The molecular weight excluding hydrogens is 224 g/mol. The van der Waals surface area contributed by atoms with Gasteiger partial charge in [-0.25, -0.2) is 9.59 Å². The summed E-state index contributed by atoms with van der Waals surface area (Å²) in [6.45, 7) is 2.89. The Morgan fingerprint density at radius 1 is 1.35 bits per heavy atom. The second-order valence-electron chi connectivity index (χ2n) is 2.98. The molecule has 90 valence electrons. The van der Waals surface area contributed by atoms with Gasteiger partial charge in [-0.15, -0.1) is 0 Å². The van der Waals surface area contributed by atoms with Crippen molar-refractivity contribution in [3.8, 4) is 5.75 Å². The zero-order chi connectivity index (χ0) is 12.7. The van der Waals surface area contributed by atoms with Crippen LogP contribution in [0.5, 0.6) is 5.75 Å². The Labute approximate surface area is 98.3 Å². The van der Waals surface area contributed by atoms with Crippen molar-refractivity contribution >= 4 is 11.9 Å². The highest BCUT2D eigenvalue weighted by molar-refractivity contribution is 5.94. The monoisotopic (exact) mass is 236 g/mol. The van der Waals surface area contributed by atoms with Gasteiger partial charge in [0, 0.05) is 6.08 Å². The molecule has 1 aromatic carbocycles. The molecule has 0 aliphatic rings. The maximum Gasteiger partial charge on any atom is 0.342 e. The topological polar surface area (TPSA) is 72.8 Å². The van der Waals surface area contributed by atoms with Gasteiger partial charge in [0.25, 0.3) is 0 Å². The fourth-order valence-electron chi connectivity index (χ4n) is 1.09. The van der Waals surface area contributed by atoms with Crippen LogP contribution in [0.25, 0.3) is 0 Å². The van der Waals surface area contributed by atoms with E-state index in [2.05, 4.69) is 6.58 Å². The molecule has 0 unspecified atom stereocenters. The van der Waals surface area contributed by atoms with Gasteiger partial charge in [0.05, 0.1) is 6.61 Å². The molecule has 1 N–H and O–H groups in total. The lowest BCUT2D eigenvalue weighted by Gasteiger charge is -2.07. The molecule has 0 radical (unpaired) electrons. The Kier molecular flexibility index (Phi) is 4.90. The van der Waals surface area contributed by atoms with Gasteiger partial charge in [-0.3, -0.25) is 0 Å². The normalized spacial score (nSPS) is 9.47. The molecule has 5 nitrogen and oxygen atoms in total. The Hall–Kier alpha value is -2.14. The summed E-state index contributed by atoms with van der Waals surface area (Å²) in [6.07, 6.45) is 0.996. The van der Waals surface area contributed by atoms with Crippen molar-refractivity contribution in [2.24, 2.45) is 0 Å². The summed E-state index contributed by atoms with van der Waals surface area (Å²) < 4.78 is 9.60. The number of aliphatic hydroxyl groups is 1. The van der Waals surface area contributed by atoms with E-state index in [1.807, 2.05) is 0 Å². The summed E-state index contributed by atoms with van der Waals surface area (Å²) >= 11 is 0. The first kappa shape index (κ1) is 12.9. The number of para-hydroxylation sites is 1. The Morgan fingerprint density at radius 3 is 2.71 bits per heavy atom. The lowest BCUT2D eigenvalue weighted by atomic mass is 10.2. The van der Waals surface area contributed by atoms with Crippen molar-refractivity contribution < 1.29 is 24.2 Å². The van der Waals surface area contributed by atoms with E-state index in [1.54, 1.807) is 12.1 Å². The zero-order valence-corrected chi connectivity index (χ0v) is 9.09. The Balaban J connectivity index is 2.87. The third kappa shape index (κ3) is 3.73. The average molecular weight is 236 g/mol. The van der Waals surface area contributed by atoms with E-state index in [0.717, 1.165) is 6.08 Å². The molecule has 0 amide bonds. The molecule has 0 heterocycles. The van der Waals surface area contributed by atoms with E-state index < -0.39 is 11.9 Å². The fraction of sp³-hybridized carbons (Fsp3) is 0.167. The first-order valence-corrected chi connectivity index (χ1v) is 4.90. The van der Waals surface area contributed by atoms with Crippen LogP contribution in [0.15, 0.2) is 36.9 Å². The lowest BCUT2D eigenvalue weighted by Crippen LogP contribution is -2.12. The molecule has 1 aromatic rings. The number of rotatable bonds is 5. The Morgan fingerprint density at radius 2 is 2.06 bits per heavy atom. The highest BCUT2D eigenvalue weighted by Gasteiger charge is 2.14. The molecule has 0 saturated carbocycles. The number of carbonyl (C=O) groups is 2. The smallest absolute Gasteiger partial charge is 0.342 e. The van der Waals surface area contributed by atoms with E-state index in [0.29, 0.717) is 0 Å². The van der Waals surface area contributed by atoms with E-state index in [4.69, 9.17) is 14.6 Å². The van der Waals surface area contributed by atoms with E-state index in [1.165, 1.54) is 12.1 Å². The summed E-state index contributed by atoms with van der Waals surface area (Å²) in [4.78, 5) is 22.6. The molecule has 0 aliphatic carbocycles. The van der Waals surface area contributed by atoms with Crippen molar-refractivity contribution in [2.75, 3.05) is 13.2 Å². The quantitative estimate of drug-likeness (QED) is 0.467. The molecular formula is C12H12O5. The largest absolute Gasteiger partial charge is 0.460 e. The lowest BCUT2D eigenvalue weighted by molar-refractivity contribution is -0.128. The fourth-order valence-corrected chi connectivity index (χ4v) is 1.09. The summed E-state index contributed by atoms with van der Waals surface area (Å²) in [5.41, 5.74) is 0.121. The third-order valence-corrected chi connectivity index (χ3v) is 1.81. The molecule has 0 bridgehead atoms. The van der Waals surface area contributed by atoms with E-state index in [-0.39, 0.29) is 24.5 Å². The van der Waals surface area contributed by atoms with Gasteiger partial charge >= 0.3 is 11.9 Å². The number of ether oxygens (including phenoxy) is 2. The second kappa shape index (κ2) is 6.44. The van der Waals surface area contributed by atoms with Gasteiger partial charge < -0.3 is 14.6 Å². The molecule has 1 rings (SSSR count). The SMILES string of the molecule is C=CC(=O)Oc1ccccc1C(=O)OCCO. The van der Waals surface area contributed by atoms with Crippen molar-refractivity contribution in [3.05, 3.63) is 42.5 Å². The van der Waals surface area contributed by atoms with Gasteiger partial charge in [0.2, 0.25) is 0 Å². The highest BCUT2D eigenvalue weighted by atomic mass is 16.6. The summed E-state index contributed by atoms with van der Waals surface area (Å²) in [5, 5.41) is 8.54. The van der Waals surface area contributed by atoms with Crippen LogP contribution in [-0.4, -0.2) is 30.3 Å². The number of aliphatic hydroxyl groups excluding tert-OH is 1.